The van der Waals surface area contributed by atoms with Gasteiger partial charge in [-0.05, 0) is 20.8 Å². The van der Waals surface area contributed by atoms with Gasteiger partial charge in [-0.1, -0.05) is 41.5 Å². The Bertz CT molecular complexity index is 627. The maximum absolute atomic E-state index is 12.4. The van der Waals surface area contributed by atoms with Crippen molar-refractivity contribution >= 4 is 17.5 Å². The molecule has 0 heterocycles. The van der Waals surface area contributed by atoms with Crippen LogP contribution in [-0.4, -0.2) is 88.5 Å². The average molecular weight is 531 g/mol. The summed E-state index contributed by atoms with van der Waals surface area (Å²) < 4.78 is 22.4. The lowest BCUT2D eigenvalue weighted by Crippen LogP contribution is -2.42. The Labute approximate surface area is 225 Å². The zero-order chi connectivity index (χ0) is 28.5. The molecule has 0 aliphatic heterocycles. The predicted molar refractivity (Wildman–Crippen MR) is 146 cm³/mol. The normalized spacial score (nSPS) is 12.7. The van der Waals surface area contributed by atoms with Crippen LogP contribution < -0.4 is 10.6 Å². The Morgan fingerprint density at radius 2 is 1.03 bits per heavy atom. The zero-order valence-electron chi connectivity index (χ0n) is 24.9. The summed E-state index contributed by atoms with van der Waals surface area (Å²) in [5.74, 6) is 0.0669. The minimum absolute atomic E-state index is 0.0643. The first kappa shape index (κ1) is 35.6. The van der Waals surface area contributed by atoms with E-state index in [-0.39, 0.29) is 68.5 Å². The molecular weight excluding hydrogens is 476 g/mol. The minimum Gasteiger partial charge on any atom is -0.379 e. The highest BCUT2D eigenvalue weighted by Crippen LogP contribution is 2.17. The van der Waals surface area contributed by atoms with Crippen LogP contribution in [0, 0.1) is 10.8 Å². The number of hydrogen-bond donors (Lipinski definition) is 2. The number of rotatable bonds is 20. The number of amides is 1. The van der Waals surface area contributed by atoms with Crippen LogP contribution in [0.2, 0.25) is 0 Å². The minimum atomic E-state index is -0.409. The molecule has 0 fully saturated rings. The van der Waals surface area contributed by atoms with Gasteiger partial charge in [0.2, 0.25) is 5.91 Å². The smallest absolute Gasteiger partial charge is 0.222 e. The number of nitrogens with one attached hydrogen (secondary N) is 2. The fourth-order valence-corrected chi connectivity index (χ4v) is 2.95. The molecule has 0 saturated carbocycles. The van der Waals surface area contributed by atoms with Gasteiger partial charge in [-0.25, -0.2) is 0 Å². The van der Waals surface area contributed by atoms with Gasteiger partial charge in [0.1, 0.15) is 11.6 Å². The van der Waals surface area contributed by atoms with E-state index in [1.807, 2.05) is 41.5 Å². The molecule has 0 aromatic heterocycles. The molecule has 0 radical (unpaired) electrons. The molecule has 0 aliphatic rings. The van der Waals surface area contributed by atoms with Crippen LogP contribution in [0.5, 0.6) is 0 Å². The Morgan fingerprint density at radius 3 is 1.46 bits per heavy atom. The molecule has 0 aliphatic carbocycles. The monoisotopic (exact) mass is 530 g/mol. The Kier molecular flexibility index (Phi) is 17.3. The number of ketones is 2. The summed E-state index contributed by atoms with van der Waals surface area (Å²) in [4.78, 5) is 36.6. The van der Waals surface area contributed by atoms with Gasteiger partial charge in [0.15, 0.2) is 0 Å². The van der Waals surface area contributed by atoms with Crippen molar-refractivity contribution < 1.29 is 33.3 Å². The van der Waals surface area contributed by atoms with Crippen LogP contribution in [0.1, 0.15) is 81.6 Å². The van der Waals surface area contributed by atoms with Crippen molar-refractivity contribution in [3.05, 3.63) is 0 Å². The van der Waals surface area contributed by atoms with E-state index >= 15 is 0 Å². The van der Waals surface area contributed by atoms with E-state index in [9.17, 15) is 14.4 Å². The van der Waals surface area contributed by atoms with Crippen molar-refractivity contribution in [1.29, 1.82) is 0 Å². The number of ether oxygens (including phenoxy) is 4. The Hall–Kier alpha value is -1.39. The van der Waals surface area contributed by atoms with E-state index in [0.717, 1.165) is 6.54 Å². The second-order valence-electron chi connectivity index (χ2n) is 12.4. The van der Waals surface area contributed by atoms with Crippen molar-refractivity contribution in [2.24, 2.45) is 10.8 Å². The van der Waals surface area contributed by atoms with E-state index in [0.29, 0.717) is 32.7 Å². The second kappa shape index (κ2) is 18.0. The summed E-state index contributed by atoms with van der Waals surface area (Å²) >= 11 is 0. The molecule has 0 unspecified atom stereocenters. The van der Waals surface area contributed by atoms with E-state index in [4.69, 9.17) is 18.9 Å². The van der Waals surface area contributed by atoms with Crippen molar-refractivity contribution in [1.82, 2.24) is 10.6 Å². The predicted octanol–water partition coefficient (Wildman–Crippen LogP) is 3.33. The molecule has 9 heteroatoms. The van der Waals surface area contributed by atoms with Crippen molar-refractivity contribution in [3.63, 3.8) is 0 Å². The summed E-state index contributed by atoms with van der Waals surface area (Å²) in [7, 11) is 0. The highest BCUT2D eigenvalue weighted by atomic mass is 16.5. The SMILES string of the molecule is CC(C)(C)NCCOCCOCCC(=O)NC(COCCC(=O)C(C)(C)C)COCCC(=O)C(C)(C)C. The second-order valence-corrected chi connectivity index (χ2v) is 12.4. The third kappa shape index (κ3) is 21.3. The first-order valence-corrected chi connectivity index (χ1v) is 13.4. The first-order chi connectivity index (χ1) is 17.0. The number of Topliss-reactive ketones (excluding diaryl/α,β-unsaturated/α-hetero) is 2. The molecule has 0 aromatic carbocycles. The molecule has 0 atom stereocenters. The lowest BCUT2D eigenvalue weighted by molar-refractivity contribution is -0.128. The van der Waals surface area contributed by atoms with Crippen molar-refractivity contribution in [2.45, 2.75) is 93.2 Å². The molecule has 0 saturated heterocycles. The van der Waals surface area contributed by atoms with E-state index < -0.39 is 10.8 Å². The average Bonchev–Trinajstić information content (AvgIpc) is 2.75. The summed E-state index contributed by atoms with van der Waals surface area (Å²) in [6.45, 7) is 21.1. The highest BCUT2D eigenvalue weighted by Gasteiger charge is 2.22. The summed E-state index contributed by atoms with van der Waals surface area (Å²) in [6.07, 6.45) is 0.827. The third-order valence-corrected chi connectivity index (χ3v) is 5.37. The van der Waals surface area contributed by atoms with Gasteiger partial charge in [-0.15, -0.1) is 0 Å². The maximum Gasteiger partial charge on any atom is 0.222 e. The summed E-state index contributed by atoms with van der Waals surface area (Å²) in [5.41, 5.74) is -0.753. The van der Waals surface area contributed by atoms with E-state index in [1.165, 1.54) is 0 Å². The van der Waals surface area contributed by atoms with Crippen molar-refractivity contribution in [3.8, 4) is 0 Å². The fraction of sp³-hybridized carbons (Fsp3) is 0.893. The standard InChI is InChI=1S/C28H54N2O7/c1-26(2,3)23(31)10-14-36-20-22(21-37-15-11-24(32)27(4,5)6)30-25(33)12-16-34-18-19-35-17-13-29-28(7,8)9/h22,29H,10-21H2,1-9H3,(H,30,33). The molecule has 9 nitrogen and oxygen atoms in total. The van der Waals surface area contributed by atoms with Crippen LogP contribution >= 0.6 is 0 Å². The number of carbonyl (C=O) groups excluding carboxylic acids is 3. The molecule has 218 valence electrons. The largest absolute Gasteiger partial charge is 0.379 e. The number of carbonyl (C=O) groups is 3. The molecule has 37 heavy (non-hydrogen) atoms. The molecule has 0 aromatic rings. The maximum atomic E-state index is 12.4. The Morgan fingerprint density at radius 1 is 0.595 bits per heavy atom. The van der Waals surface area contributed by atoms with Gasteiger partial charge in [-0.3, -0.25) is 14.4 Å². The lowest BCUT2D eigenvalue weighted by atomic mass is 9.89. The lowest BCUT2D eigenvalue weighted by Gasteiger charge is -2.21. The molecule has 0 spiro atoms. The molecule has 0 rings (SSSR count). The van der Waals surface area contributed by atoms with Gasteiger partial charge in [0.25, 0.3) is 0 Å². The van der Waals surface area contributed by atoms with Gasteiger partial charge in [0, 0.05) is 42.2 Å². The fourth-order valence-electron chi connectivity index (χ4n) is 2.95. The van der Waals surface area contributed by atoms with E-state index in [1.54, 1.807) is 0 Å². The van der Waals surface area contributed by atoms with Crippen LogP contribution in [0.25, 0.3) is 0 Å². The van der Waals surface area contributed by atoms with Crippen LogP contribution in [-0.2, 0) is 33.3 Å². The van der Waals surface area contributed by atoms with Crippen LogP contribution in [0.15, 0.2) is 0 Å². The van der Waals surface area contributed by atoms with Crippen molar-refractivity contribution in [2.75, 3.05) is 59.4 Å². The molecule has 1 amide bonds. The topological polar surface area (TPSA) is 112 Å². The van der Waals surface area contributed by atoms with Crippen LogP contribution in [0.4, 0.5) is 0 Å². The van der Waals surface area contributed by atoms with E-state index in [2.05, 4.69) is 31.4 Å². The van der Waals surface area contributed by atoms with Gasteiger partial charge < -0.3 is 29.6 Å². The summed E-state index contributed by atoms with van der Waals surface area (Å²) in [6, 6.07) is -0.388. The van der Waals surface area contributed by atoms with Gasteiger partial charge in [0.05, 0.1) is 58.9 Å². The zero-order valence-corrected chi connectivity index (χ0v) is 24.9. The highest BCUT2D eigenvalue weighted by molar-refractivity contribution is 5.84. The molecule has 2 N–H and O–H groups in total. The van der Waals surface area contributed by atoms with Gasteiger partial charge in [-0.2, -0.15) is 0 Å². The first-order valence-electron chi connectivity index (χ1n) is 13.4. The van der Waals surface area contributed by atoms with Gasteiger partial charge >= 0.3 is 0 Å². The number of hydrogen-bond acceptors (Lipinski definition) is 8. The Balaban J connectivity index is 4.34. The molecular formula is C28H54N2O7. The summed E-state index contributed by atoms with van der Waals surface area (Å²) in [5, 5.41) is 6.25. The quantitative estimate of drug-likeness (QED) is 0.231. The third-order valence-electron chi connectivity index (χ3n) is 5.37. The molecule has 0 bridgehead atoms. The van der Waals surface area contributed by atoms with Crippen LogP contribution in [0.3, 0.4) is 0 Å².